The molecule has 0 aliphatic heterocycles. The van der Waals surface area contributed by atoms with Crippen molar-refractivity contribution in [2.45, 2.75) is 0 Å². The highest BCUT2D eigenvalue weighted by Gasteiger charge is 2.16. The Morgan fingerprint density at radius 3 is 2.29 bits per heavy atom. The Morgan fingerprint density at radius 2 is 1.71 bits per heavy atom. The average Bonchev–Trinajstić information content (AvgIpc) is 2.18. The molecule has 0 unspecified atom stereocenters. The molecule has 0 fully saturated rings. The molecule has 1 nitrogen and oxygen atoms in total. The minimum atomic E-state index is -1.82. The van der Waals surface area contributed by atoms with E-state index in [9.17, 15) is 17.6 Å². The van der Waals surface area contributed by atoms with Gasteiger partial charge in [-0.25, -0.2) is 17.6 Å². The molecule has 0 aromatic heterocycles. The van der Waals surface area contributed by atoms with Crippen molar-refractivity contribution in [2.24, 2.45) is 5.73 Å². The van der Waals surface area contributed by atoms with E-state index in [4.69, 9.17) is 5.73 Å². The summed E-state index contributed by atoms with van der Waals surface area (Å²) in [7, 11) is 0. The zero-order valence-electron chi connectivity index (χ0n) is 7.03. The molecular weight excluding hydrogens is 198 g/mol. The van der Waals surface area contributed by atoms with E-state index in [0.29, 0.717) is 6.07 Å². The minimum Gasteiger partial charge on any atom is -0.327 e. The van der Waals surface area contributed by atoms with Crippen LogP contribution in [0.3, 0.4) is 0 Å². The Balaban J connectivity index is 3.26. The number of halogens is 4. The van der Waals surface area contributed by atoms with E-state index in [1.165, 1.54) is 6.08 Å². The van der Waals surface area contributed by atoms with Gasteiger partial charge in [0.2, 0.25) is 0 Å². The third-order valence-corrected chi connectivity index (χ3v) is 1.56. The summed E-state index contributed by atoms with van der Waals surface area (Å²) in [5.41, 5.74) is 4.69. The minimum absolute atomic E-state index is 0.0973. The van der Waals surface area contributed by atoms with Crippen molar-refractivity contribution in [3.8, 4) is 0 Å². The van der Waals surface area contributed by atoms with Gasteiger partial charge in [0.15, 0.2) is 23.3 Å². The van der Waals surface area contributed by atoms with Gasteiger partial charge in [0, 0.05) is 12.1 Å². The monoisotopic (exact) mass is 205 g/mol. The van der Waals surface area contributed by atoms with Gasteiger partial charge in [-0.2, -0.15) is 0 Å². The van der Waals surface area contributed by atoms with Crippen molar-refractivity contribution >= 4 is 6.08 Å². The summed E-state index contributed by atoms with van der Waals surface area (Å²) < 4.78 is 50.6. The SMILES string of the molecule is NC/C=C/c1cc(F)c(F)c(F)c1F. The molecule has 0 radical (unpaired) electrons. The van der Waals surface area contributed by atoms with Crippen LogP contribution in [0.1, 0.15) is 5.56 Å². The van der Waals surface area contributed by atoms with Gasteiger partial charge in [-0.15, -0.1) is 0 Å². The highest BCUT2D eigenvalue weighted by molar-refractivity contribution is 5.50. The summed E-state index contributed by atoms with van der Waals surface area (Å²) in [6, 6.07) is 0.569. The van der Waals surface area contributed by atoms with Crippen LogP contribution in [-0.2, 0) is 0 Å². The van der Waals surface area contributed by atoms with E-state index >= 15 is 0 Å². The number of hydrogen-bond donors (Lipinski definition) is 1. The quantitative estimate of drug-likeness (QED) is 0.447. The summed E-state index contributed by atoms with van der Waals surface area (Å²) in [5.74, 6) is -6.48. The van der Waals surface area contributed by atoms with E-state index in [-0.39, 0.29) is 12.1 Å². The van der Waals surface area contributed by atoms with Crippen molar-refractivity contribution in [3.05, 3.63) is 41.0 Å². The van der Waals surface area contributed by atoms with Crippen molar-refractivity contribution in [2.75, 3.05) is 6.54 Å². The molecule has 0 spiro atoms. The van der Waals surface area contributed by atoms with Gasteiger partial charge in [-0.1, -0.05) is 12.2 Å². The van der Waals surface area contributed by atoms with E-state index in [2.05, 4.69) is 0 Å². The second kappa shape index (κ2) is 4.23. The third-order valence-electron chi connectivity index (χ3n) is 1.56. The number of benzene rings is 1. The Kier molecular flexibility index (Phi) is 3.24. The van der Waals surface area contributed by atoms with Gasteiger partial charge in [0.1, 0.15) is 0 Å². The highest BCUT2D eigenvalue weighted by atomic mass is 19.2. The lowest BCUT2D eigenvalue weighted by Gasteiger charge is -2.00. The maximum absolute atomic E-state index is 12.9. The predicted molar refractivity (Wildman–Crippen MR) is 44.4 cm³/mol. The lowest BCUT2D eigenvalue weighted by atomic mass is 10.1. The van der Waals surface area contributed by atoms with Crippen molar-refractivity contribution < 1.29 is 17.6 Å². The molecule has 0 heterocycles. The van der Waals surface area contributed by atoms with Gasteiger partial charge in [0.05, 0.1) is 0 Å². The second-order valence-electron chi connectivity index (χ2n) is 2.53. The zero-order valence-corrected chi connectivity index (χ0v) is 7.03. The molecular formula is C9H7F4N. The van der Waals surface area contributed by atoms with Gasteiger partial charge in [-0.05, 0) is 6.07 Å². The molecule has 1 rings (SSSR count). The molecule has 5 heteroatoms. The van der Waals surface area contributed by atoms with Crippen LogP contribution in [0.2, 0.25) is 0 Å². The molecule has 0 aliphatic rings. The maximum Gasteiger partial charge on any atom is 0.198 e. The molecule has 0 amide bonds. The molecule has 14 heavy (non-hydrogen) atoms. The predicted octanol–water partition coefficient (Wildman–Crippen LogP) is 2.21. The van der Waals surface area contributed by atoms with Crippen molar-refractivity contribution in [1.29, 1.82) is 0 Å². The number of hydrogen-bond acceptors (Lipinski definition) is 1. The fourth-order valence-electron chi connectivity index (χ4n) is 0.907. The topological polar surface area (TPSA) is 26.0 Å². The molecule has 0 saturated heterocycles. The molecule has 76 valence electrons. The van der Waals surface area contributed by atoms with Crippen LogP contribution < -0.4 is 5.73 Å². The van der Waals surface area contributed by atoms with E-state index < -0.39 is 23.3 Å². The standard InChI is InChI=1S/C9H7F4N/c10-6-4-5(2-1-3-14)7(11)9(13)8(6)12/h1-2,4H,3,14H2/b2-1+. The molecule has 2 N–H and O–H groups in total. The Labute approximate surface area is 77.8 Å². The Bertz CT molecular complexity index is 374. The smallest absolute Gasteiger partial charge is 0.198 e. The molecule has 1 aromatic rings. The molecule has 0 aliphatic carbocycles. The van der Waals surface area contributed by atoms with Crippen LogP contribution in [0, 0.1) is 23.3 Å². The van der Waals surface area contributed by atoms with Crippen LogP contribution >= 0.6 is 0 Å². The van der Waals surface area contributed by atoms with Crippen LogP contribution in [-0.4, -0.2) is 6.54 Å². The first-order valence-corrected chi connectivity index (χ1v) is 3.77. The second-order valence-corrected chi connectivity index (χ2v) is 2.53. The summed E-state index contributed by atoms with van der Waals surface area (Å²) in [4.78, 5) is 0. The van der Waals surface area contributed by atoms with Crippen LogP contribution in [0.4, 0.5) is 17.6 Å². The fourth-order valence-corrected chi connectivity index (χ4v) is 0.907. The number of nitrogens with two attached hydrogens (primary N) is 1. The van der Waals surface area contributed by atoms with Crippen molar-refractivity contribution in [3.63, 3.8) is 0 Å². The first-order chi connectivity index (χ1) is 6.57. The maximum atomic E-state index is 12.9. The molecule has 0 saturated carbocycles. The van der Waals surface area contributed by atoms with Gasteiger partial charge >= 0.3 is 0 Å². The zero-order chi connectivity index (χ0) is 10.7. The summed E-state index contributed by atoms with van der Waals surface area (Å²) in [5, 5.41) is 0. The lowest BCUT2D eigenvalue weighted by Crippen LogP contribution is -1.99. The largest absolute Gasteiger partial charge is 0.327 e. The van der Waals surface area contributed by atoms with E-state index in [0.717, 1.165) is 6.08 Å². The van der Waals surface area contributed by atoms with Crippen LogP contribution in [0.25, 0.3) is 6.08 Å². The molecule has 1 aromatic carbocycles. The van der Waals surface area contributed by atoms with Crippen LogP contribution in [0.5, 0.6) is 0 Å². The lowest BCUT2D eigenvalue weighted by molar-refractivity contribution is 0.408. The average molecular weight is 205 g/mol. The molecule has 0 atom stereocenters. The van der Waals surface area contributed by atoms with Gasteiger partial charge < -0.3 is 5.73 Å². The van der Waals surface area contributed by atoms with Crippen molar-refractivity contribution in [1.82, 2.24) is 0 Å². The fraction of sp³-hybridized carbons (Fsp3) is 0.111. The summed E-state index contributed by atoms with van der Waals surface area (Å²) >= 11 is 0. The Hall–Kier alpha value is -1.36. The van der Waals surface area contributed by atoms with Gasteiger partial charge in [-0.3, -0.25) is 0 Å². The highest BCUT2D eigenvalue weighted by Crippen LogP contribution is 2.19. The van der Waals surface area contributed by atoms with Crippen LogP contribution in [0.15, 0.2) is 12.1 Å². The Morgan fingerprint density at radius 1 is 1.07 bits per heavy atom. The summed E-state index contributed by atoms with van der Waals surface area (Å²) in [6.07, 6.45) is 2.39. The first-order valence-electron chi connectivity index (χ1n) is 3.77. The molecule has 0 bridgehead atoms. The number of rotatable bonds is 2. The normalized spacial score (nSPS) is 11.2. The van der Waals surface area contributed by atoms with E-state index in [1.807, 2.05) is 0 Å². The third kappa shape index (κ3) is 1.93. The first kappa shape index (κ1) is 10.7. The van der Waals surface area contributed by atoms with E-state index in [1.54, 1.807) is 0 Å². The summed E-state index contributed by atoms with van der Waals surface area (Å²) in [6.45, 7) is 0.0973. The van der Waals surface area contributed by atoms with Gasteiger partial charge in [0.25, 0.3) is 0 Å².